The number of hydrogen-bond acceptors (Lipinski definition) is 7. The van der Waals surface area contributed by atoms with Crippen molar-refractivity contribution in [3.8, 4) is 17.2 Å². The van der Waals surface area contributed by atoms with Crippen LogP contribution in [0.4, 0.5) is 5.69 Å². The van der Waals surface area contributed by atoms with E-state index in [9.17, 15) is 9.59 Å². The van der Waals surface area contributed by atoms with Crippen molar-refractivity contribution >= 4 is 28.5 Å². The van der Waals surface area contributed by atoms with Crippen LogP contribution in [0.2, 0.25) is 0 Å². The Labute approximate surface area is 233 Å². The zero-order valence-electron chi connectivity index (χ0n) is 23.5. The summed E-state index contributed by atoms with van der Waals surface area (Å²) in [6.07, 6.45) is 0.794. The van der Waals surface area contributed by atoms with Crippen LogP contribution in [-0.2, 0) is 16.1 Å². The number of carbonyl (C=O) groups excluding carboxylic acids is 2. The Balaban J connectivity index is 1.83. The summed E-state index contributed by atoms with van der Waals surface area (Å²) in [5.74, 6) is 1.22. The van der Waals surface area contributed by atoms with Crippen molar-refractivity contribution in [3.63, 3.8) is 0 Å². The molecule has 0 aliphatic heterocycles. The number of ether oxygens (including phenoxy) is 3. The average Bonchev–Trinajstić information content (AvgIpc) is 3.37. The van der Waals surface area contributed by atoms with Gasteiger partial charge in [-0.3, -0.25) is 14.5 Å². The summed E-state index contributed by atoms with van der Waals surface area (Å²) in [6.45, 7) is 4.51. The molecule has 1 aromatic heterocycles. The van der Waals surface area contributed by atoms with Gasteiger partial charge in [-0.2, -0.15) is 0 Å². The van der Waals surface area contributed by atoms with Gasteiger partial charge in [0.25, 0.3) is 0 Å². The van der Waals surface area contributed by atoms with Gasteiger partial charge in [0, 0.05) is 18.3 Å². The van der Waals surface area contributed by atoms with Crippen molar-refractivity contribution in [2.24, 2.45) is 5.92 Å². The zero-order chi connectivity index (χ0) is 28.6. The van der Waals surface area contributed by atoms with Crippen LogP contribution in [0.15, 0.2) is 66.7 Å². The van der Waals surface area contributed by atoms with E-state index >= 15 is 0 Å². The summed E-state index contributed by atoms with van der Waals surface area (Å²) in [4.78, 5) is 29.6. The lowest BCUT2D eigenvalue weighted by Gasteiger charge is -2.32. The molecule has 0 aliphatic carbocycles. The molecule has 0 radical (unpaired) electrons. The van der Waals surface area contributed by atoms with Crippen LogP contribution in [0, 0.1) is 5.92 Å². The molecular formula is C30H35N5O5. The molecule has 40 heavy (non-hydrogen) atoms. The molecular weight excluding hydrogens is 510 g/mol. The van der Waals surface area contributed by atoms with Gasteiger partial charge in [0.2, 0.25) is 11.8 Å². The zero-order valence-corrected chi connectivity index (χ0v) is 23.5. The average molecular weight is 546 g/mol. The second-order valence-corrected chi connectivity index (χ2v) is 9.69. The van der Waals surface area contributed by atoms with Crippen LogP contribution in [0.25, 0.3) is 11.0 Å². The van der Waals surface area contributed by atoms with Crippen molar-refractivity contribution < 1.29 is 23.8 Å². The first-order valence-corrected chi connectivity index (χ1v) is 13.1. The number of nitrogens with zero attached hydrogens (tertiary/aromatic N) is 4. The Morgan fingerprint density at radius 2 is 1.70 bits per heavy atom. The van der Waals surface area contributed by atoms with Crippen molar-refractivity contribution in [3.05, 3.63) is 72.3 Å². The Kier molecular flexibility index (Phi) is 9.21. The van der Waals surface area contributed by atoms with E-state index in [1.807, 2.05) is 24.3 Å². The molecule has 0 fully saturated rings. The van der Waals surface area contributed by atoms with E-state index in [1.54, 1.807) is 56.7 Å². The quantitative estimate of drug-likeness (QED) is 0.281. The van der Waals surface area contributed by atoms with Gasteiger partial charge in [-0.05, 0) is 54.3 Å². The second-order valence-electron chi connectivity index (χ2n) is 9.69. The number of carbonyl (C=O) groups is 2. The number of rotatable bonds is 12. The molecule has 1 N–H and O–H groups in total. The highest BCUT2D eigenvalue weighted by molar-refractivity contribution is 6.01. The first-order valence-electron chi connectivity index (χ1n) is 13.1. The molecule has 10 heteroatoms. The summed E-state index contributed by atoms with van der Waals surface area (Å²) in [5.41, 5.74) is 2.43. The third-order valence-corrected chi connectivity index (χ3v) is 6.56. The normalized spacial score (nSPS) is 11.8. The Morgan fingerprint density at radius 1 is 0.925 bits per heavy atom. The van der Waals surface area contributed by atoms with Gasteiger partial charge < -0.3 is 19.5 Å². The van der Waals surface area contributed by atoms with Crippen molar-refractivity contribution in [1.82, 2.24) is 20.3 Å². The van der Waals surface area contributed by atoms with Crippen LogP contribution in [-0.4, -0.2) is 54.7 Å². The first kappa shape index (κ1) is 28.4. The van der Waals surface area contributed by atoms with Gasteiger partial charge in [-0.15, -0.1) is 5.10 Å². The van der Waals surface area contributed by atoms with E-state index in [2.05, 4.69) is 29.5 Å². The second kappa shape index (κ2) is 13.0. The van der Waals surface area contributed by atoms with Gasteiger partial charge in [0.15, 0.2) is 11.5 Å². The minimum Gasteiger partial charge on any atom is -0.497 e. The van der Waals surface area contributed by atoms with Gasteiger partial charge in [-0.1, -0.05) is 43.3 Å². The lowest BCUT2D eigenvalue weighted by atomic mass is 10.0. The highest BCUT2D eigenvalue weighted by Gasteiger charge is 2.34. The van der Waals surface area contributed by atoms with E-state index in [-0.39, 0.29) is 18.4 Å². The monoisotopic (exact) mass is 545 g/mol. The van der Waals surface area contributed by atoms with E-state index in [4.69, 9.17) is 14.2 Å². The molecule has 0 bridgehead atoms. The fourth-order valence-corrected chi connectivity index (χ4v) is 4.46. The minimum absolute atomic E-state index is 0.138. The predicted octanol–water partition coefficient (Wildman–Crippen LogP) is 4.39. The predicted molar refractivity (Wildman–Crippen MR) is 153 cm³/mol. The van der Waals surface area contributed by atoms with Crippen molar-refractivity contribution in [2.75, 3.05) is 32.8 Å². The van der Waals surface area contributed by atoms with E-state index in [0.717, 1.165) is 6.42 Å². The summed E-state index contributed by atoms with van der Waals surface area (Å²) in [7, 11) is 4.62. The number of nitrogens with one attached hydrogen (secondary N) is 1. The molecule has 3 aromatic carbocycles. The number of anilines is 1. The van der Waals surface area contributed by atoms with E-state index < -0.39 is 6.04 Å². The van der Waals surface area contributed by atoms with Crippen molar-refractivity contribution in [1.29, 1.82) is 0 Å². The van der Waals surface area contributed by atoms with Crippen molar-refractivity contribution in [2.45, 2.75) is 32.9 Å². The minimum atomic E-state index is -1.03. The highest BCUT2D eigenvalue weighted by Crippen LogP contribution is 2.35. The standard InChI is InChI=1S/C30H35N5O5/c1-20(2)15-16-31-30(37)29(21-13-14-26(39-4)27(17-21)40-5)35(22-9-8-10-23(18-22)38-3)28(36)19-34-25-12-7-6-11-24(25)32-33-34/h6-14,17-18,20,29H,15-16,19H2,1-5H3,(H,31,37)/t29-/m0/s1. The van der Waals surface area contributed by atoms with Crippen LogP contribution < -0.4 is 24.4 Å². The SMILES string of the molecule is COc1cccc(N(C(=O)Cn2nnc3ccccc32)[C@H](C(=O)NCCC(C)C)c2ccc(OC)c(OC)c2)c1. The number of fused-ring (bicyclic) bond motifs is 1. The number of methoxy groups -OCH3 is 3. The molecule has 4 rings (SSSR count). The molecule has 0 spiro atoms. The molecule has 210 valence electrons. The van der Waals surface area contributed by atoms with Gasteiger partial charge in [0.1, 0.15) is 23.9 Å². The Morgan fingerprint density at radius 3 is 2.42 bits per heavy atom. The van der Waals surface area contributed by atoms with Crippen LogP contribution in [0.3, 0.4) is 0 Å². The van der Waals surface area contributed by atoms with Crippen LogP contribution in [0.1, 0.15) is 31.9 Å². The number of para-hydroxylation sites is 1. The number of amides is 2. The molecule has 0 saturated heterocycles. The van der Waals surface area contributed by atoms with Crippen LogP contribution in [0.5, 0.6) is 17.2 Å². The molecule has 0 unspecified atom stereocenters. The first-order chi connectivity index (χ1) is 19.4. The molecule has 10 nitrogen and oxygen atoms in total. The number of aromatic nitrogens is 3. The van der Waals surface area contributed by atoms with E-state index in [0.29, 0.717) is 52.0 Å². The maximum absolute atomic E-state index is 14.2. The Bertz CT molecular complexity index is 1470. The third-order valence-electron chi connectivity index (χ3n) is 6.56. The molecule has 0 saturated carbocycles. The molecule has 0 aliphatic rings. The maximum Gasteiger partial charge on any atom is 0.249 e. The topological polar surface area (TPSA) is 108 Å². The van der Waals surface area contributed by atoms with Gasteiger partial charge in [-0.25, -0.2) is 4.68 Å². The third kappa shape index (κ3) is 6.33. The summed E-state index contributed by atoms with van der Waals surface area (Å²) < 4.78 is 17.9. The van der Waals surface area contributed by atoms with E-state index in [1.165, 1.54) is 16.7 Å². The summed E-state index contributed by atoms with van der Waals surface area (Å²) >= 11 is 0. The largest absolute Gasteiger partial charge is 0.497 e. The highest BCUT2D eigenvalue weighted by atomic mass is 16.5. The fraction of sp³-hybridized carbons (Fsp3) is 0.333. The number of benzene rings is 3. The van der Waals surface area contributed by atoms with Gasteiger partial charge >= 0.3 is 0 Å². The summed E-state index contributed by atoms with van der Waals surface area (Å²) in [6, 6.07) is 18.6. The molecule has 1 heterocycles. The Hall–Kier alpha value is -4.60. The number of hydrogen-bond donors (Lipinski definition) is 1. The summed E-state index contributed by atoms with van der Waals surface area (Å²) in [5, 5.41) is 11.4. The fourth-order valence-electron chi connectivity index (χ4n) is 4.46. The lowest BCUT2D eigenvalue weighted by Crippen LogP contribution is -2.45. The smallest absolute Gasteiger partial charge is 0.249 e. The molecule has 2 amide bonds. The lowest BCUT2D eigenvalue weighted by molar-refractivity contribution is -0.127. The maximum atomic E-state index is 14.2. The molecule has 4 aromatic rings. The van der Waals surface area contributed by atoms with Gasteiger partial charge in [0.05, 0.1) is 26.8 Å². The van der Waals surface area contributed by atoms with Crippen LogP contribution >= 0.6 is 0 Å². The molecule has 1 atom stereocenters.